The molecule has 0 aromatic carbocycles. The monoisotopic (exact) mass is 301 g/mol. The van der Waals surface area contributed by atoms with Crippen LogP contribution < -0.4 is 4.72 Å². The van der Waals surface area contributed by atoms with Crippen molar-refractivity contribution >= 4 is 10.0 Å². The molecule has 0 atom stereocenters. The maximum Gasteiger partial charge on any atom is 0.258 e. The number of aliphatic hydroxyl groups excluding tert-OH is 1. The van der Waals surface area contributed by atoms with Gasteiger partial charge in [0.15, 0.2) is 5.03 Å². The second-order valence-corrected chi connectivity index (χ2v) is 6.21. The Morgan fingerprint density at radius 2 is 2.05 bits per heavy atom. The molecule has 114 valence electrons. The third kappa shape index (κ3) is 5.16. The summed E-state index contributed by atoms with van der Waals surface area (Å²) in [4.78, 5) is 6.04. The van der Waals surface area contributed by atoms with Crippen LogP contribution in [-0.4, -0.2) is 49.6 Å². The van der Waals surface area contributed by atoms with Crippen LogP contribution in [0.1, 0.15) is 25.8 Å². The molecule has 0 amide bonds. The summed E-state index contributed by atoms with van der Waals surface area (Å²) in [5, 5.41) is 8.88. The molecule has 6 nitrogen and oxygen atoms in total. The van der Waals surface area contributed by atoms with Crippen molar-refractivity contribution in [2.45, 2.75) is 31.9 Å². The second kappa shape index (κ2) is 8.31. The van der Waals surface area contributed by atoms with Crippen LogP contribution in [0.4, 0.5) is 0 Å². The first-order valence-corrected chi connectivity index (χ1v) is 8.29. The molecule has 0 aliphatic carbocycles. The minimum absolute atomic E-state index is 0.0201. The Hall–Kier alpha value is -1.02. The lowest BCUT2D eigenvalue weighted by Gasteiger charge is -2.19. The fourth-order valence-corrected chi connectivity index (χ4v) is 2.77. The summed E-state index contributed by atoms with van der Waals surface area (Å²) < 4.78 is 26.6. The summed E-state index contributed by atoms with van der Waals surface area (Å²) in [5.41, 5.74) is 0.587. The lowest BCUT2D eigenvalue weighted by molar-refractivity contribution is 0.281. The van der Waals surface area contributed by atoms with Gasteiger partial charge in [-0.15, -0.1) is 0 Å². The summed E-state index contributed by atoms with van der Waals surface area (Å²) in [6, 6.07) is 2.95. The van der Waals surface area contributed by atoms with Crippen molar-refractivity contribution in [1.29, 1.82) is 0 Å². The van der Waals surface area contributed by atoms with E-state index in [4.69, 9.17) is 5.11 Å². The zero-order valence-corrected chi connectivity index (χ0v) is 12.9. The average Bonchev–Trinajstić information content (AvgIpc) is 2.46. The largest absolute Gasteiger partial charge is 0.392 e. The summed E-state index contributed by atoms with van der Waals surface area (Å²) in [7, 11) is -3.57. The number of hydrogen-bond acceptors (Lipinski definition) is 5. The van der Waals surface area contributed by atoms with E-state index in [0.717, 1.165) is 19.5 Å². The molecule has 0 fully saturated rings. The maximum atomic E-state index is 12.0. The van der Waals surface area contributed by atoms with Crippen molar-refractivity contribution in [2.24, 2.45) is 0 Å². The van der Waals surface area contributed by atoms with E-state index in [0.29, 0.717) is 18.7 Å². The normalized spacial score (nSPS) is 12.0. The Bertz CT molecular complexity index is 488. The lowest BCUT2D eigenvalue weighted by atomic mass is 10.3. The Balaban J connectivity index is 2.56. The molecule has 20 heavy (non-hydrogen) atoms. The van der Waals surface area contributed by atoms with Crippen LogP contribution >= 0.6 is 0 Å². The molecule has 1 rings (SSSR count). The van der Waals surface area contributed by atoms with Gasteiger partial charge in [0.25, 0.3) is 10.0 Å². The smallest absolute Gasteiger partial charge is 0.258 e. The molecule has 0 spiro atoms. The number of aromatic nitrogens is 1. The molecule has 0 radical (unpaired) electrons. The maximum absolute atomic E-state index is 12.0. The third-order valence-electron chi connectivity index (χ3n) is 2.96. The van der Waals surface area contributed by atoms with Crippen molar-refractivity contribution in [1.82, 2.24) is 14.6 Å². The second-order valence-electron chi connectivity index (χ2n) is 4.49. The summed E-state index contributed by atoms with van der Waals surface area (Å²) in [6.45, 7) is 6.90. The summed E-state index contributed by atoms with van der Waals surface area (Å²) >= 11 is 0. The first kappa shape index (κ1) is 17.0. The van der Waals surface area contributed by atoms with Gasteiger partial charge in [0, 0.05) is 19.3 Å². The number of rotatable bonds is 9. The van der Waals surface area contributed by atoms with Crippen LogP contribution in [0.25, 0.3) is 0 Å². The van der Waals surface area contributed by atoms with Gasteiger partial charge >= 0.3 is 0 Å². The fraction of sp³-hybridized carbons (Fsp3) is 0.615. The molecule has 0 aliphatic rings. The number of nitrogens with one attached hydrogen (secondary N) is 1. The number of hydrogen-bond donors (Lipinski definition) is 2. The molecule has 0 bridgehead atoms. The number of aliphatic hydroxyl groups is 1. The third-order valence-corrected chi connectivity index (χ3v) is 4.34. The highest BCUT2D eigenvalue weighted by molar-refractivity contribution is 7.89. The molecule has 0 unspecified atom stereocenters. The van der Waals surface area contributed by atoms with Gasteiger partial charge in [-0.25, -0.2) is 18.1 Å². The predicted octanol–water partition coefficient (Wildman–Crippen LogP) is 0.584. The fourth-order valence-electron chi connectivity index (χ4n) is 1.82. The minimum Gasteiger partial charge on any atom is -0.392 e. The quantitative estimate of drug-likeness (QED) is 0.697. The molecule has 1 aromatic rings. The SMILES string of the molecule is CCCN(CC)CCNS(=O)(=O)c1ccc(CO)cn1. The van der Waals surface area contributed by atoms with E-state index >= 15 is 0 Å². The van der Waals surface area contributed by atoms with Crippen LogP contribution in [0, 0.1) is 0 Å². The van der Waals surface area contributed by atoms with E-state index in [2.05, 4.69) is 28.5 Å². The topological polar surface area (TPSA) is 82.5 Å². The van der Waals surface area contributed by atoms with Crippen LogP contribution in [0.15, 0.2) is 23.4 Å². The molecule has 0 saturated carbocycles. The Morgan fingerprint density at radius 1 is 1.30 bits per heavy atom. The number of nitrogens with zero attached hydrogens (tertiary/aromatic N) is 2. The van der Waals surface area contributed by atoms with Gasteiger partial charge in [0.1, 0.15) is 0 Å². The number of pyridine rings is 1. The van der Waals surface area contributed by atoms with Crippen LogP contribution in [0.3, 0.4) is 0 Å². The summed E-state index contributed by atoms with van der Waals surface area (Å²) in [5.74, 6) is 0. The van der Waals surface area contributed by atoms with Crippen molar-refractivity contribution in [3.05, 3.63) is 23.9 Å². The molecular weight excluding hydrogens is 278 g/mol. The standard InChI is InChI=1S/C13H23N3O3S/c1-3-8-16(4-2)9-7-15-20(18,19)13-6-5-12(11-17)10-14-13/h5-6,10,15,17H,3-4,7-9,11H2,1-2H3. The van der Waals surface area contributed by atoms with E-state index in [-0.39, 0.29) is 11.6 Å². The van der Waals surface area contributed by atoms with E-state index < -0.39 is 10.0 Å². The first-order valence-electron chi connectivity index (χ1n) is 6.81. The first-order chi connectivity index (χ1) is 9.53. The number of sulfonamides is 1. The Morgan fingerprint density at radius 3 is 2.55 bits per heavy atom. The van der Waals surface area contributed by atoms with Crippen molar-refractivity contribution in [3.8, 4) is 0 Å². The van der Waals surface area contributed by atoms with Gasteiger partial charge in [0.05, 0.1) is 6.61 Å². The minimum atomic E-state index is -3.57. The molecule has 0 saturated heterocycles. The Labute approximate surface area is 120 Å². The number of likely N-dealkylation sites (N-methyl/N-ethyl adjacent to an activating group) is 1. The van der Waals surface area contributed by atoms with E-state index in [1.54, 1.807) is 6.07 Å². The predicted molar refractivity (Wildman–Crippen MR) is 77.8 cm³/mol. The van der Waals surface area contributed by atoms with Crippen molar-refractivity contribution in [3.63, 3.8) is 0 Å². The van der Waals surface area contributed by atoms with Gasteiger partial charge < -0.3 is 10.0 Å². The zero-order chi connectivity index (χ0) is 15.0. The van der Waals surface area contributed by atoms with Crippen molar-refractivity contribution < 1.29 is 13.5 Å². The van der Waals surface area contributed by atoms with E-state index in [9.17, 15) is 8.42 Å². The molecular formula is C13H23N3O3S. The molecule has 1 heterocycles. The highest BCUT2D eigenvalue weighted by Gasteiger charge is 2.15. The van der Waals surface area contributed by atoms with Crippen LogP contribution in [0.5, 0.6) is 0 Å². The summed E-state index contributed by atoms with van der Waals surface area (Å²) in [6.07, 6.45) is 2.41. The van der Waals surface area contributed by atoms with Crippen molar-refractivity contribution in [2.75, 3.05) is 26.2 Å². The van der Waals surface area contributed by atoms with Gasteiger partial charge in [-0.2, -0.15) is 0 Å². The van der Waals surface area contributed by atoms with Gasteiger partial charge in [0.2, 0.25) is 0 Å². The lowest BCUT2D eigenvalue weighted by Crippen LogP contribution is -2.35. The Kier molecular flexibility index (Phi) is 7.08. The highest BCUT2D eigenvalue weighted by atomic mass is 32.2. The van der Waals surface area contributed by atoms with Gasteiger partial charge in [-0.05, 0) is 31.1 Å². The molecule has 0 aliphatic heterocycles. The molecule has 2 N–H and O–H groups in total. The van der Waals surface area contributed by atoms with E-state index in [1.165, 1.54) is 12.3 Å². The highest BCUT2D eigenvalue weighted by Crippen LogP contribution is 2.06. The van der Waals surface area contributed by atoms with Crippen LogP contribution in [-0.2, 0) is 16.6 Å². The van der Waals surface area contributed by atoms with Crippen LogP contribution in [0.2, 0.25) is 0 Å². The average molecular weight is 301 g/mol. The molecule has 7 heteroatoms. The van der Waals surface area contributed by atoms with Gasteiger partial charge in [-0.1, -0.05) is 19.9 Å². The molecule has 1 aromatic heterocycles. The van der Waals surface area contributed by atoms with E-state index in [1.807, 2.05) is 0 Å². The zero-order valence-electron chi connectivity index (χ0n) is 12.0. The van der Waals surface area contributed by atoms with Gasteiger partial charge in [-0.3, -0.25) is 0 Å².